The van der Waals surface area contributed by atoms with Crippen molar-refractivity contribution < 1.29 is 4.79 Å². The third kappa shape index (κ3) is 4.19. The summed E-state index contributed by atoms with van der Waals surface area (Å²) >= 11 is 12.1. The molecule has 2 aromatic heterocycles. The van der Waals surface area contributed by atoms with Gasteiger partial charge in [-0.3, -0.25) is 9.69 Å². The van der Waals surface area contributed by atoms with E-state index in [-0.39, 0.29) is 5.91 Å². The maximum atomic E-state index is 12.8. The number of halogens is 2. The highest BCUT2D eigenvalue weighted by atomic mass is 35.5. The van der Waals surface area contributed by atoms with Gasteiger partial charge < -0.3 is 4.90 Å². The van der Waals surface area contributed by atoms with Crippen molar-refractivity contribution in [3.05, 3.63) is 76.2 Å². The first kappa shape index (κ1) is 18.9. The third-order valence-electron chi connectivity index (χ3n) is 4.78. The Morgan fingerprint density at radius 2 is 1.86 bits per heavy atom. The molecular weight excluding hydrogens is 397 g/mol. The van der Waals surface area contributed by atoms with Crippen LogP contribution in [0.5, 0.6) is 0 Å². The van der Waals surface area contributed by atoms with Crippen LogP contribution >= 0.6 is 23.2 Å². The van der Waals surface area contributed by atoms with Crippen LogP contribution in [0.15, 0.2) is 55.0 Å². The van der Waals surface area contributed by atoms with E-state index in [2.05, 4.69) is 15.0 Å². The Labute approximate surface area is 173 Å². The Hall–Kier alpha value is -2.41. The van der Waals surface area contributed by atoms with Crippen LogP contribution in [0.3, 0.4) is 0 Å². The second-order valence-corrected chi connectivity index (χ2v) is 7.49. The summed E-state index contributed by atoms with van der Waals surface area (Å²) in [6, 6.07) is 11.1. The van der Waals surface area contributed by atoms with Gasteiger partial charge in [0.1, 0.15) is 0 Å². The predicted octanol–water partition coefficient (Wildman–Crippen LogP) is 3.53. The number of carbonyl (C=O) groups excluding carboxylic acids is 1. The van der Waals surface area contributed by atoms with Gasteiger partial charge in [0, 0.05) is 51.3 Å². The van der Waals surface area contributed by atoms with Crippen LogP contribution < -0.4 is 0 Å². The quantitative estimate of drug-likeness (QED) is 0.653. The van der Waals surface area contributed by atoms with E-state index in [9.17, 15) is 4.79 Å². The van der Waals surface area contributed by atoms with E-state index in [4.69, 9.17) is 23.2 Å². The number of hydrogen-bond donors (Lipinski definition) is 0. The summed E-state index contributed by atoms with van der Waals surface area (Å²) < 4.78 is 1.66. The summed E-state index contributed by atoms with van der Waals surface area (Å²) in [6.07, 6.45) is 5.12. The minimum absolute atomic E-state index is 0.00806. The average molecular weight is 416 g/mol. The van der Waals surface area contributed by atoms with E-state index >= 15 is 0 Å². The zero-order chi connectivity index (χ0) is 19.5. The van der Waals surface area contributed by atoms with E-state index in [0.717, 1.165) is 25.2 Å². The van der Waals surface area contributed by atoms with E-state index < -0.39 is 0 Å². The van der Waals surface area contributed by atoms with Gasteiger partial charge in [-0.25, -0.2) is 9.67 Å². The molecule has 144 valence electrons. The van der Waals surface area contributed by atoms with Crippen LogP contribution in [0, 0.1) is 0 Å². The number of carbonyl (C=O) groups is 1. The van der Waals surface area contributed by atoms with Crippen LogP contribution in [0.25, 0.3) is 5.82 Å². The number of hydrogen-bond acceptors (Lipinski definition) is 4. The maximum absolute atomic E-state index is 12.8. The molecule has 1 amide bonds. The van der Waals surface area contributed by atoms with Gasteiger partial charge in [-0.15, -0.1) is 0 Å². The van der Waals surface area contributed by atoms with Crippen molar-refractivity contribution >= 4 is 29.1 Å². The average Bonchev–Trinajstić information content (AvgIpc) is 3.26. The molecule has 1 aliphatic rings. The molecule has 0 atom stereocenters. The fraction of sp³-hybridized carbons (Fsp3) is 0.250. The number of piperazine rings is 1. The highest BCUT2D eigenvalue weighted by Gasteiger charge is 2.22. The highest BCUT2D eigenvalue weighted by molar-refractivity contribution is 6.42. The molecule has 28 heavy (non-hydrogen) atoms. The van der Waals surface area contributed by atoms with Crippen LogP contribution in [0.2, 0.25) is 10.0 Å². The second kappa shape index (κ2) is 8.31. The number of amides is 1. The molecule has 0 unspecified atom stereocenters. The van der Waals surface area contributed by atoms with Crippen LogP contribution in [-0.4, -0.2) is 56.7 Å². The van der Waals surface area contributed by atoms with Crippen molar-refractivity contribution in [2.24, 2.45) is 0 Å². The first-order valence-corrected chi connectivity index (χ1v) is 9.77. The molecular formula is C20H19Cl2N5O. The number of aromatic nitrogens is 3. The fourth-order valence-corrected chi connectivity index (χ4v) is 3.56. The minimum atomic E-state index is 0.00806. The van der Waals surface area contributed by atoms with E-state index in [1.54, 1.807) is 29.2 Å². The van der Waals surface area contributed by atoms with Gasteiger partial charge in [-0.05, 0) is 35.9 Å². The maximum Gasteiger partial charge on any atom is 0.255 e. The molecule has 3 aromatic rings. The summed E-state index contributed by atoms with van der Waals surface area (Å²) in [4.78, 5) is 21.3. The third-order valence-corrected chi connectivity index (χ3v) is 5.52. The van der Waals surface area contributed by atoms with Gasteiger partial charge in [-0.2, -0.15) is 5.10 Å². The van der Waals surface area contributed by atoms with E-state index in [1.165, 1.54) is 0 Å². The normalized spacial score (nSPS) is 15.0. The first-order chi connectivity index (χ1) is 13.6. The molecule has 1 aromatic carbocycles. The molecule has 8 heteroatoms. The molecule has 4 rings (SSSR count). The summed E-state index contributed by atoms with van der Waals surface area (Å²) in [7, 11) is 0. The Balaban J connectivity index is 1.34. The predicted molar refractivity (Wildman–Crippen MR) is 109 cm³/mol. The largest absolute Gasteiger partial charge is 0.336 e. The summed E-state index contributed by atoms with van der Waals surface area (Å²) in [5.74, 6) is 0.696. The summed E-state index contributed by atoms with van der Waals surface area (Å²) in [5.41, 5.74) is 1.71. The minimum Gasteiger partial charge on any atom is -0.336 e. The lowest BCUT2D eigenvalue weighted by molar-refractivity contribution is 0.0628. The second-order valence-electron chi connectivity index (χ2n) is 6.67. The SMILES string of the molecule is O=C(c1ccc(-n2cccn2)nc1)N1CCN(Cc2ccc(Cl)c(Cl)c2)CC1. The van der Waals surface area contributed by atoms with Gasteiger partial charge in [-0.1, -0.05) is 29.3 Å². The molecule has 0 aliphatic carbocycles. The summed E-state index contributed by atoms with van der Waals surface area (Å²) in [6.45, 7) is 3.77. The Morgan fingerprint density at radius 1 is 1.04 bits per heavy atom. The van der Waals surface area contributed by atoms with Crippen LogP contribution in [-0.2, 0) is 6.54 Å². The fourth-order valence-electron chi connectivity index (χ4n) is 3.24. The Kier molecular flexibility index (Phi) is 5.62. The molecule has 3 heterocycles. The van der Waals surface area contributed by atoms with Crippen molar-refractivity contribution in [2.75, 3.05) is 26.2 Å². The molecule has 1 aliphatic heterocycles. The molecule has 1 fully saturated rings. The molecule has 0 radical (unpaired) electrons. The Bertz CT molecular complexity index is 951. The van der Waals surface area contributed by atoms with Crippen molar-refractivity contribution in [3.63, 3.8) is 0 Å². The topological polar surface area (TPSA) is 54.3 Å². The first-order valence-electron chi connectivity index (χ1n) is 9.02. The monoisotopic (exact) mass is 415 g/mol. The van der Waals surface area contributed by atoms with Gasteiger partial charge in [0.15, 0.2) is 5.82 Å². The van der Waals surface area contributed by atoms with Crippen LogP contribution in [0.1, 0.15) is 15.9 Å². The van der Waals surface area contributed by atoms with E-state index in [0.29, 0.717) is 34.5 Å². The van der Waals surface area contributed by atoms with Gasteiger partial charge >= 0.3 is 0 Å². The molecule has 0 spiro atoms. The van der Waals surface area contributed by atoms with Crippen molar-refractivity contribution in [1.82, 2.24) is 24.6 Å². The standard InChI is InChI=1S/C20H19Cl2N5O/c21-17-4-2-15(12-18(17)22)14-25-8-10-26(11-9-25)20(28)16-3-5-19(23-13-16)27-7-1-6-24-27/h1-7,12-13H,8-11,14H2. The van der Waals surface area contributed by atoms with Gasteiger partial charge in [0.2, 0.25) is 0 Å². The molecule has 1 saturated heterocycles. The Morgan fingerprint density at radius 3 is 2.50 bits per heavy atom. The summed E-state index contributed by atoms with van der Waals surface area (Å²) in [5, 5.41) is 5.27. The lowest BCUT2D eigenvalue weighted by atomic mass is 10.2. The highest BCUT2D eigenvalue weighted by Crippen LogP contribution is 2.23. The van der Waals surface area contributed by atoms with Crippen molar-refractivity contribution in [2.45, 2.75) is 6.54 Å². The number of benzene rings is 1. The zero-order valence-corrected chi connectivity index (χ0v) is 16.6. The number of pyridine rings is 1. The molecule has 0 saturated carbocycles. The molecule has 6 nitrogen and oxygen atoms in total. The molecule has 0 N–H and O–H groups in total. The van der Waals surface area contributed by atoms with E-state index in [1.807, 2.05) is 35.4 Å². The smallest absolute Gasteiger partial charge is 0.255 e. The lowest BCUT2D eigenvalue weighted by Gasteiger charge is -2.34. The number of rotatable bonds is 4. The van der Waals surface area contributed by atoms with Gasteiger partial charge in [0.25, 0.3) is 5.91 Å². The van der Waals surface area contributed by atoms with Crippen LogP contribution in [0.4, 0.5) is 0 Å². The van der Waals surface area contributed by atoms with Crippen molar-refractivity contribution in [1.29, 1.82) is 0 Å². The lowest BCUT2D eigenvalue weighted by Crippen LogP contribution is -2.48. The van der Waals surface area contributed by atoms with Gasteiger partial charge in [0.05, 0.1) is 15.6 Å². The number of nitrogens with zero attached hydrogens (tertiary/aromatic N) is 5. The zero-order valence-electron chi connectivity index (χ0n) is 15.1. The molecule has 0 bridgehead atoms. The van der Waals surface area contributed by atoms with Crippen molar-refractivity contribution in [3.8, 4) is 5.82 Å².